The van der Waals surface area contributed by atoms with Gasteiger partial charge in [-0.15, -0.1) is 11.3 Å². The van der Waals surface area contributed by atoms with Crippen LogP contribution in [0.1, 0.15) is 15.2 Å². The Kier molecular flexibility index (Phi) is 4.17. The Morgan fingerprint density at radius 3 is 3.00 bits per heavy atom. The molecular weight excluding hydrogens is 302 g/mol. The van der Waals surface area contributed by atoms with Crippen LogP contribution in [0.4, 0.5) is 0 Å². The lowest BCUT2D eigenvalue weighted by Crippen LogP contribution is -2.26. The van der Waals surface area contributed by atoms with E-state index in [1.165, 1.54) is 11.3 Å². The summed E-state index contributed by atoms with van der Waals surface area (Å²) in [7, 11) is 0. The number of aryl methyl sites for hydroxylation is 1. The van der Waals surface area contributed by atoms with Crippen LogP contribution in [0.25, 0.3) is 11.3 Å². The molecular formula is C15H15N3OS2. The maximum atomic E-state index is 11.9. The maximum absolute atomic E-state index is 11.9. The minimum atomic E-state index is -0.0154. The molecule has 0 bridgehead atoms. The summed E-state index contributed by atoms with van der Waals surface area (Å²) < 4.78 is 1.85. The van der Waals surface area contributed by atoms with Crippen LogP contribution in [0.5, 0.6) is 0 Å². The smallest absolute Gasteiger partial charge is 0.261 e. The Morgan fingerprint density at radius 1 is 1.38 bits per heavy atom. The predicted molar refractivity (Wildman–Crippen MR) is 86.9 cm³/mol. The monoisotopic (exact) mass is 317 g/mol. The zero-order valence-electron chi connectivity index (χ0n) is 11.6. The van der Waals surface area contributed by atoms with Gasteiger partial charge in [0, 0.05) is 23.7 Å². The number of hydrogen-bond acceptors (Lipinski definition) is 4. The van der Waals surface area contributed by atoms with E-state index >= 15 is 0 Å². The predicted octanol–water partition coefficient (Wildman–Crippen LogP) is 3.41. The molecule has 0 saturated carbocycles. The van der Waals surface area contributed by atoms with Gasteiger partial charge >= 0.3 is 0 Å². The van der Waals surface area contributed by atoms with Crippen molar-refractivity contribution in [3.63, 3.8) is 0 Å². The van der Waals surface area contributed by atoms with E-state index in [0.717, 1.165) is 21.7 Å². The van der Waals surface area contributed by atoms with Gasteiger partial charge in [-0.25, -0.2) is 0 Å². The number of aromatic nitrogens is 2. The zero-order chi connectivity index (χ0) is 14.7. The summed E-state index contributed by atoms with van der Waals surface area (Å²) in [5.74, 6) is -0.0154. The Hall–Kier alpha value is -1.92. The van der Waals surface area contributed by atoms with Gasteiger partial charge in [-0.3, -0.25) is 9.48 Å². The van der Waals surface area contributed by atoms with Gasteiger partial charge in [0.1, 0.15) is 0 Å². The second-order valence-electron chi connectivity index (χ2n) is 4.72. The molecule has 0 spiro atoms. The van der Waals surface area contributed by atoms with E-state index < -0.39 is 0 Å². The average molecular weight is 317 g/mol. The van der Waals surface area contributed by atoms with Gasteiger partial charge in [0.15, 0.2) is 0 Å². The van der Waals surface area contributed by atoms with Crippen molar-refractivity contribution < 1.29 is 4.79 Å². The summed E-state index contributed by atoms with van der Waals surface area (Å²) in [6.07, 6.45) is 1.94. The van der Waals surface area contributed by atoms with E-state index in [1.54, 1.807) is 11.3 Å². The molecule has 1 amide bonds. The molecule has 3 aromatic rings. The van der Waals surface area contributed by atoms with Crippen LogP contribution in [-0.4, -0.2) is 22.2 Å². The third-order valence-electron chi connectivity index (χ3n) is 3.04. The molecule has 0 aliphatic carbocycles. The standard InChI is InChI=1S/C15H15N3OS2/c1-11-8-14(21-9-11)15(19)16-4-6-18-5-2-13(17-18)12-3-7-20-10-12/h2-3,5,7-10H,4,6H2,1H3,(H,16,19). The average Bonchev–Trinajstić information content (AvgIpc) is 3.19. The molecule has 3 rings (SSSR count). The van der Waals surface area contributed by atoms with E-state index in [9.17, 15) is 4.79 Å². The van der Waals surface area contributed by atoms with Crippen molar-refractivity contribution in [3.05, 3.63) is 51.0 Å². The van der Waals surface area contributed by atoms with E-state index in [0.29, 0.717) is 13.1 Å². The Bertz CT molecular complexity index is 728. The number of rotatable bonds is 5. The fourth-order valence-corrected chi connectivity index (χ4v) is 3.44. The fraction of sp³-hybridized carbons (Fsp3) is 0.200. The summed E-state index contributed by atoms with van der Waals surface area (Å²) in [4.78, 5) is 12.7. The van der Waals surface area contributed by atoms with Gasteiger partial charge in [-0.1, -0.05) is 0 Å². The molecule has 0 aliphatic heterocycles. The van der Waals surface area contributed by atoms with Crippen LogP contribution in [0, 0.1) is 6.92 Å². The lowest BCUT2D eigenvalue weighted by Gasteiger charge is -2.03. The zero-order valence-corrected chi connectivity index (χ0v) is 13.2. The second kappa shape index (κ2) is 6.24. The van der Waals surface area contributed by atoms with Crippen molar-refractivity contribution in [2.75, 3.05) is 6.54 Å². The van der Waals surface area contributed by atoms with Gasteiger partial charge < -0.3 is 5.32 Å². The van der Waals surface area contributed by atoms with Gasteiger partial charge in [0.2, 0.25) is 0 Å². The summed E-state index contributed by atoms with van der Waals surface area (Å²) in [5.41, 5.74) is 3.23. The number of thiophene rings is 2. The van der Waals surface area contributed by atoms with E-state index in [1.807, 2.05) is 40.7 Å². The minimum absolute atomic E-state index is 0.0154. The number of carbonyl (C=O) groups is 1. The molecule has 0 aromatic carbocycles. The summed E-state index contributed by atoms with van der Waals surface area (Å²) >= 11 is 3.13. The lowest BCUT2D eigenvalue weighted by molar-refractivity contribution is 0.0956. The first-order valence-corrected chi connectivity index (χ1v) is 8.44. The van der Waals surface area contributed by atoms with Crippen LogP contribution in [-0.2, 0) is 6.54 Å². The van der Waals surface area contributed by atoms with Gasteiger partial charge in [-0.2, -0.15) is 16.4 Å². The number of nitrogens with zero attached hydrogens (tertiary/aromatic N) is 2. The summed E-state index contributed by atoms with van der Waals surface area (Å²) in [6.45, 7) is 3.23. The number of carbonyl (C=O) groups excluding carboxylic acids is 1. The Morgan fingerprint density at radius 2 is 2.29 bits per heavy atom. The summed E-state index contributed by atoms with van der Waals surface area (Å²) in [6, 6.07) is 5.95. The highest BCUT2D eigenvalue weighted by Gasteiger charge is 2.07. The molecule has 4 nitrogen and oxygen atoms in total. The van der Waals surface area contributed by atoms with E-state index in [4.69, 9.17) is 0 Å². The highest BCUT2D eigenvalue weighted by atomic mass is 32.1. The molecule has 0 unspecified atom stereocenters. The quantitative estimate of drug-likeness (QED) is 0.784. The van der Waals surface area contributed by atoms with Gasteiger partial charge in [-0.05, 0) is 41.4 Å². The molecule has 0 fully saturated rings. The molecule has 0 aliphatic rings. The molecule has 0 radical (unpaired) electrons. The third-order valence-corrected chi connectivity index (χ3v) is 4.77. The topological polar surface area (TPSA) is 46.9 Å². The minimum Gasteiger partial charge on any atom is -0.349 e. The van der Waals surface area contributed by atoms with Crippen LogP contribution in [0.15, 0.2) is 40.5 Å². The largest absolute Gasteiger partial charge is 0.349 e. The van der Waals surface area contributed by atoms with Gasteiger partial charge in [0.25, 0.3) is 5.91 Å². The van der Waals surface area contributed by atoms with Gasteiger partial charge in [0.05, 0.1) is 17.1 Å². The number of nitrogens with one attached hydrogen (secondary N) is 1. The van der Waals surface area contributed by atoms with Crippen LogP contribution < -0.4 is 5.32 Å². The molecule has 0 saturated heterocycles. The van der Waals surface area contributed by atoms with Crippen LogP contribution in [0.3, 0.4) is 0 Å². The highest BCUT2D eigenvalue weighted by Crippen LogP contribution is 2.19. The summed E-state index contributed by atoms with van der Waals surface area (Å²) in [5, 5.41) is 13.5. The first-order chi connectivity index (χ1) is 10.2. The molecule has 0 atom stereocenters. The van der Waals surface area contributed by atoms with E-state index in [2.05, 4.69) is 21.9 Å². The molecule has 1 N–H and O–H groups in total. The second-order valence-corrected chi connectivity index (χ2v) is 6.41. The van der Waals surface area contributed by atoms with Crippen LogP contribution in [0.2, 0.25) is 0 Å². The lowest BCUT2D eigenvalue weighted by atomic mass is 10.2. The molecule has 3 aromatic heterocycles. The molecule has 21 heavy (non-hydrogen) atoms. The van der Waals surface area contributed by atoms with Crippen molar-refractivity contribution in [1.29, 1.82) is 0 Å². The third kappa shape index (κ3) is 3.40. The SMILES string of the molecule is Cc1csc(C(=O)NCCn2ccc(-c3ccsc3)n2)c1. The van der Waals surface area contributed by atoms with Crippen molar-refractivity contribution in [3.8, 4) is 11.3 Å². The first kappa shape index (κ1) is 14.0. The van der Waals surface area contributed by atoms with Crippen molar-refractivity contribution in [1.82, 2.24) is 15.1 Å². The number of amides is 1. The fourth-order valence-electron chi connectivity index (χ4n) is 1.97. The molecule has 3 heterocycles. The molecule has 6 heteroatoms. The van der Waals surface area contributed by atoms with E-state index in [-0.39, 0.29) is 5.91 Å². The highest BCUT2D eigenvalue weighted by molar-refractivity contribution is 7.12. The first-order valence-electron chi connectivity index (χ1n) is 6.62. The normalized spacial score (nSPS) is 10.7. The Balaban J connectivity index is 1.53. The van der Waals surface area contributed by atoms with Crippen LogP contribution >= 0.6 is 22.7 Å². The maximum Gasteiger partial charge on any atom is 0.261 e. The Labute approximate surface area is 131 Å². The number of hydrogen-bond donors (Lipinski definition) is 1. The van der Waals surface area contributed by atoms with Crippen molar-refractivity contribution in [2.24, 2.45) is 0 Å². The van der Waals surface area contributed by atoms with Crippen molar-refractivity contribution in [2.45, 2.75) is 13.5 Å². The van der Waals surface area contributed by atoms with Crippen molar-refractivity contribution >= 4 is 28.6 Å². The molecule has 108 valence electrons.